The van der Waals surface area contributed by atoms with Crippen molar-refractivity contribution in [1.82, 2.24) is 0 Å². The van der Waals surface area contributed by atoms with Crippen LogP contribution >= 0.6 is 11.9 Å². The van der Waals surface area contributed by atoms with E-state index in [1.54, 1.807) is 0 Å². The van der Waals surface area contributed by atoms with Gasteiger partial charge >= 0.3 is 0 Å². The summed E-state index contributed by atoms with van der Waals surface area (Å²) in [6, 6.07) is 8.02. The molecule has 1 aromatic rings. The third-order valence-electron chi connectivity index (χ3n) is 3.05. The number of para-hydroxylation sites is 1. The Balaban J connectivity index is 3.33. The molecular formula is C15H23ClO. The molecule has 0 heterocycles. The zero-order chi connectivity index (χ0) is 13.3. The van der Waals surface area contributed by atoms with Crippen molar-refractivity contribution in [1.29, 1.82) is 0 Å². The molecule has 0 aromatic heterocycles. The third kappa shape index (κ3) is 3.38. The number of hydrogen-bond donors (Lipinski definition) is 0. The van der Waals surface area contributed by atoms with E-state index >= 15 is 0 Å². The van der Waals surface area contributed by atoms with Crippen molar-refractivity contribution in [3.63, 3.8) is 0 Å². The summed E-state index contributed by atoms with van der Waals surface area (Å²) in [6.45, 7) is 13.5. The van der Waals surface area contributed by atoms with Crippen LogP contribution < -0.4 is 4.29 Å². The molecule has 17 heavy (non-hydrogen) atoms. The van der Waals surface area contributed by atoms with Gasteiger partial charge in [-0.25, -0.2) is 0 Å². The molecule has 96 valence electrons. The molecule has 0 unspecified atom stereocenters. The lowest BCUT2D eigenvalue weighted by atomic mass is 9.63. The maximum Gasteiger partial charge on any atom is 0.149 e. The number of hydrogen-bond acceptors (Lipinski definition) is 1. The molecule has 0 amide bonds. The second kappa shape index (κ2) is 4.89. The summed E-state index contributed by atoms with van der Waals surface area (Å²) < 4.78 is 4.99. The van der Waals surface area contributed by atoms with Crippen LogP contribution in [0.25, 0.3) is 0 Å². The Labute approximate surface area is 110 Å². The first-order valence-electron chi connectivity index (χ1n) is 6.05. The summed E-state index contributed by atoms with van der Waals surface area (Å²) in [4.78, 5) is 0. The Kier molecular flexibility index (Phi) is 4.14. The number of benzene rings is 1. The smallest absolute Gasteiger partial charge is 0.149 e. The Morgan fingerprint density at radius 2 is 1.41 bits per heavy atom. The molecule has 0 saturated carbocycles. The van der Waals surface area contributed by atoms with E-state index in [2.05, 4.69) is 47.6 Å². The highest BCUT2D eigenvalue weighted by Crippen LogP contribution is 2.49. The lowest BCUT2D eigenvalue weighted by Gasteiger charge is -2.41. The molecule has 1 rings (SSSR count). The fourth-order valence-corrected chi connectivity index (χ4v) is 3.16. The van der Waals surface area contributed by atoms with E-state index in [1.165, 1.54) is 5.56 Å². The van der Waals surface area contributed by atoms with Crippen LogP contribution in [-0.4, -0.2) is 0 Å². The first-order valence-corrected chi connectivity index (χ1v) is 6.36. The van der Waals surface area contributed by atoms with E-state index in [0.29, 0.717) is 5.92 Å². The molecule has 0 spiro atoms. The Morgan fingerprint density at radius 1 is 0.941 bits per heavy atom. The standard InChI is InChI=1S/C15H23ClO/c1-14(2,3)13(15(4,5)6)11-9-7-8-10-12(11)17-16/h7-10,13H,1-6H3. The first kappa shape index (κ1) is 14.4. The van der Waals surface area contributed by atoms with Crippen molar-refractivity contribution in [2.45, 2.75) is 47.5 Å². The van der Waals surface area contributed by atoms with Crippen molar-refractivity contribution in [3.8, 4) is 5.75 Å². The van der Waals surface area contributed by atoms with E-state index in [9.17, 15) is 0 Å². The fourth-order valence-electron chi connectivity index (χ4n) is 3.02. The Morgan fingerprint density at radius 3 is 1.82 bits per heavy atom. The van der Waals surface area contributed by atoms with E-state index in [-0.39, 0.29) is 10.8 Å². The van der Waals surface area contributed by atoms with Gasteiger partial charge in [0.05, 0.1) is 0 Å². The molecular weight excluding hydrogens is 232 g/mol. The van der Waals surface area contributed by atoms with Crippen LogP contribution in [0, 0.1) is 10.8 Å². The van der Waals surface area contributed by atoms with Gasteiger partial charge in [0.15, 0.2) is 0 Å². The minimum atomic E-state index is 0.157. The van der Waals surface area contributed by atoms with Crippen LogP contribution in [0.4, 0.5) is 0 Å². The summed E-state index contributed by atoms with van der Waals surface area (Å²) in [5.74, 6) is 1.15. The molecule has 1 aromatic carbocycles. The molecule has 0 aliphatic carbocycles. The van der Waals surface area contributed by atoms with Crippen molar-refractivity contribution < 1.29 is 4.29 Å². The third-order valence-corrected chi connectivity index (χ3v) is 3.21. The Hall–Kier alpha value is -0.690. The minimum absolute atomic E-state index is 0.157. The molecule has 0 radical (unpaired) electrons. The average Bonchev–Trinajstić information content (AvgIpc) is 2.14. The van der Waals surface area contributed by atoms with E-state index < -0.39 is 0 Å². The van der Waals surface area contributed by atoms with Crippen LogP contribution in [0.15, 0.2) is 24.3 Å². The van der Waals surface area contributed by atoms with Gasteiger partial charge < -0.3 is 4.29 Å². The van der Waals surface area contributed by atoms with Crippen LogP contribution in [0.2, 0.25) is 0 Å². The largest absolute Gasteiger partial charge is 0.385 e. The zero-order valence-electron chi connectivity index (χ0n) is 11.7. The highest BCUT2D eigenvalue weighted by atomic mass is 35.5. The highest BCUT2D eigenvalue weighted by molar-refractivity contribution is 6.09. The quantitative estimate of drug-likeness (QED) is 0.687. The van der Waals surface area contributed by atoms with Crippen LogP contribution in [-0.2, 0) is 0 Å². The summed E-state index contributed by atoms with van der Waals surface area (Å²) in [5.41, 5.74) is 1.50. The predicted octanol–water partition coefficient (Wildman–Crippen LogP) is 5.40. The SMILES string of the molecule is CC(C)(C)C(c1ccccc1OCl)C(C)(C)C. The van der Waals surface area contributed by atoms with Gasteiger partial charge in [-0.15, -0.1) is 0 Å². The van der Waals surface area contributed by atoms with Crippen molar-refractivity contribution in [3.05, 3.63) is 29.8 Å². The minimum Gasteiger partial charge on any atom is -0.385 e. The lowest BCUT2D eigenvalue weighted by Crippen LogP contribution is -2.30. The zero-order valence-corrected chi connectivity index (χ0v) is 12.4. The second-order valence-electron chi connectivity index (χ2n) is 6.78. The molecule has 0 aliphatic rings. The molecule has 1 nitrogen and oxygen atoms in total. The van der Waals surface area contributed by atoms with Gasteiger partial charge in [0.2, 0.25) is 0 Å². The number of halogens is 1. The summed E-state index contributed by atoms with van der Waals surface area (Å²) in [5, 5.41) is 0. The van der Waals surface area contributed by atoms with Gasteiger partial charge in [-0.05, 0) is 22.8 Å². The van der Waals surface area contributed by atoms with Crippen molar-refractivity contribution >= 4 is 11.9 Å². The topological polar surface area (TPSA) is 9.23 Å². The van der Waals surface area contributed by atoms with Crippen molar-refractivity contribution in [2.75, 3.05) is 0 Å². The first-order chi connectivity index (χ1) is 7.68. The van der Waals surface area contributed by atoms with Crippen LogP contribution in [0.5, 0.6) is 5.75 Å². The van der Waals surface area contributed by atoms with Gasteiger partial charge in [-0.1, -0.05) is 59.7 Å². The maximum atomic E-state index is 5.58. The Bertz CT molecular complexity index is 357. The monoisotopic (exact) mass is 254 g/mol. The lowest BCUT2D eigenvalue weighted by molar-refractivity contribution is 0.174. The molecule has 2 heteroatoms. The maximum absolute atomic E-state index is 5.58. The normalized spacial score (nSPS) is 12.9. The van der Waals surface area contributed by atoms with Gasteiger partial charge in [0, 0.05) is 5.56 Å². The number of rotatable bonds is 2. The summed E-state index contributed by atoms with van der Waals surface area (Å²) in [7, 11) is 0. The summed E-state index contributed by atoms with van der Waals surface area (Å²) in [6.07, 6.45) is 0. The fraction of sp³-hybridized carbons (Fsp3) is 0.600. The molecule has 0 bridgehead atoms. The van der Waals surface area contributed by atoms with E-state index in [0.717, 1.165) is 5.75 Å². The van der Waals surface area contributed by atoms with Gasteiger partial charge in [0.25, 0.3) is 0 Å². The summed E-state index contributed by atoms with van der Waals surface area (Å²) >= 11 is 5.58. The molecule has 0 aliphatic heterocycles. The van der Waals surface area contributed by atoms with Gasteiger partial charge in [0.1, 0.15) is 17.6 Å². The molecule has 0 fully saturated rings. The van der Waals surface area contributed by atoms with Crippen LogP contribution in [0.1, 0.15) is 53.0 Å². The molecule has 0 saturated heterocycles. The molecule has 0 N–H and O–H groups in total. The predicted molar refractivity (Wildman–Crippen MR) is 74.6 cm³/mol. The second-order valence-corrected chi connectivity index (χ2v) is 6.93. The van der Waals surface area contributed by atoms with Gasteiger partial charge in [-0.3, -0.25) is 0 Å². The van der Waals surface area contributed by atoms with Gasteiger partial charge in [-0.2, -0.15) is 0 Å². The van der Waals surface area contributed by atoms with Crippen LogP contribution in [0.3, 0.4) is 0 Å². The molecule has 0 atom stereocenters. The van der Waals surface area contributed by atoms with Crippen molar-refractivity contribution in [2.24, 2.45) is 10.8 Å². The van der Waals surface area contributed by atoms with E-state index in [4.69, 9.17) is 16.2 Å². The highest BCUT2D eigenvalue weighted by Gasteiger charge is 2.37. The average molecular weight is 255 g/mol. The van der Waals surface area contributed by atoms with E-state index in [1.807, 2.05) is 18.2 Å².